The Morgan fingerprint density at radius 3 is 2.78 bits per heavy atom. The highest BCUT2D eigenvalue weighted by atomic mass is 19.1. The fraction of sp³-hybridized carbons (Fsp3) is 1.00. The summed E-state index contributed by atoms with van der Waals surface area (Å²) < 4.78 is 17.7. The van der Waals surface area contributed by atoms with Gasteiger partial charge in [-0.2, -0.15) is 0 Å². The van der Waals surface area contributed by atoms with Crippen molar-refractivity contribution in [3.63, 3.8) is 0 Å². The second kappa shape index (κ2) is 2.23. The number of alkyl halides is 1. The molecule has 0 unspecified atom stereocenters. The van der Waals surface area contributed by atoms with Crippen LogP contribution in [-0.4, -0.2) is 30.1 Å². The largest absolute Gasteiger partial charge is 0.394 e. The summed E-state index contributed by atoms with van der Waals surface area (Å²) in [4.78, 5) is 0. The second-order valence-electron chi connectivity index (χ2n) is 2.73. The SMILES string of the molecule is C[C@]1(F)CO[C@H](CO)C1. The first-order valence-electron chi connectivity index (χ1n) is 3.05. The lowest BCUT2D eigenvalue weighted by Crippen LogP contribution is -2.18. The topological polar surface area (TPSA) is 29.5 Å². The summed E-state index contributed by atoms with van der Waals surface area (Å²) >= 11 is 0. The van der Waals surface area contributed by atoms with E-state index in [-0.39, 0.29) is 19.3 Å². The van der Waals surface area contributed by atoms with Gasteiger partial charge in [0.2, 0.25) is 0 Å². The van der Waals surface area contributed by atoms with Crippen LogP contribution in [0.25, 0.3) is 0 Å². The highest BCUT2D eigenvalue weighted by molar-refractivity contribution is 4.83. The molecule has 1 saturated heterocycles. The predicted molar refractivity (Wildman–Crippen MR) is 31.0 cm³/mol. The lowest BCUT2D eigenvalue weighted by Gasteiger charge is -2.07. The highest BCUT2D eigenvalue weighted by Gasteiger charge is 2.35. The number of aliphatic hydroxyl groups excluding tert-OH is 1. The van der Waals surface area contributed by atoms with Crippen molar-refractivity contribution in [2.45, 2.75) is 25.1 Å². The van der Waals surface area contributed by atoms with E-state index in [1.54, 1.807) is 0 Å². The number of aliphatic hydroxyl groups is 1. The molecule has 1 N–H and O–H groups in total. The molecule has 0 saturated carbocycles. The van der Waals surface area contributed by atoms with E-state index in [4.69, 9.17) is 9.84 Å². The second-order valence-corrected chi connectivity index (χ2v) is 2.73. The van der Waals surface area contributed by atoms with Gasteiger partial charge in [0.15, 0.2) is 0 Å². The van der Waals surface area contributed by atoms with Gasteiger partial charge in [-0.1, -0.05) is 0 Å². The Balaban J connectivity index is 2.38. The Bertz CT molecular complexity index is 103. The van der Waals surface area contributed by atoms with Crippen molar-refractivity contribution in [1.82, 2.24) is 0 Å². The van der Waals surface area contributed by atoms with Crippen LogP contribution in [0.4, 0.5) is 4.39 Å². The third-order valence-electron chi connectivity index (χ3n) is 1.48. The maximum atomic E-state index is 12.8. The fourth-order valence-corrected chi connectivity index (χ4v) is 1.00. The van der Waals surface area contributed by atoms with E-state index >= 15 is 0 Å². The Morgan fingerprint density at radius 1 is 1.89 bits per heavy atom. The number of hydrogen-bond donors (Lipinski definition) is 1. The number of ether oxygens (including phenoxy) is 1. The van der Waals surface area contributed by atoms with Crippen LogP contribution in [0.2, 0.25) is 0 Å². The van der Waals surface area contributed by atoms with Gasteiger partial charge in [0.05, 0.1) is 19.3 Å². The van der Waals surface area contributed by atoms with E-state index in [2.05, 4.69) is 0 Å². The smallest absolute Gasteiger partial charge is 0.134 e. The molecular weight excluding hydrogens is 123 g/mol. The van der Waals surface area contributed by atoms with E-state index in [1.807, 2.05) is 0 Å². The van der Waals surface area contributed by atoms with Gasteiger partial charge in [0.1, 0.15) is 5.67 Å². The molecule has 1 aliphatic heterocycles. The Hall–Kier alpha value is -0.150. The molecule has 2 atom stereocenters. The van der Waals surface area contributed by atoms with E-state index < -0.39 is 5.67 Å². The molecule has 0 spiro atoms. The van der Waals surface area contributed by atoms with Crippen LogP contribution in [0.3, 0.4) is 0 Å². The maximum Gasteiger partial charge on any atom is 0.134 e. The average Bonchev–Trinajstić information content (AvgIpc) is 2.10. The minimum atomic E-state index is -1.21. The normalized spacial score (nSPS) is 43.7. The van der Waals surface area contributed by atoms with Crippen LogP contribution in [0.15, 0.2) is 0 Å². The molecule has 2 nitrogen and oxygen atoms in total. The van der Waals surface area contributed by atoms with Crippen molar-refractivity contribution >= 4 is 0 Å². The zero-order chi connectivity index (χ0) is 6.91. The van der Waals surface area contributed by atoms with Crippen LogP contribution in [0.1, 0.15) is 13.3 Å². The van der Waals surface area contributed by atoms with Crippen LogP contribution >= 0.6 is 0 Å². The van der Waals surface area contributed by atoms with Gasteiger partial charge < -0.3 is 9.84 Å². The minimum absolute atomic E-state index is 0.0699. The van der Waals surface area contributed by atoms with Crippen molar-refractivity contribution in [3.05, 3.63) is 0 Å². The molecular formula is C6H11FO2. The molecule has 0 amide bonds. The summed E-state index contributed by atoms with van der Waals surface area (Å²) in [5.74, 6) is 0. The molecule has 0 bridgehead atoms. The summed E-state index contributed by atoms with van der Waals surface area (Å²) in [6, 6.07) is 0. The Labute approximate surface area is 53.6 Å². The molecule has 0 aromatic carbocycles. The third-order valence-corrected chi connectivity index (χ3v) is 1.48. The Kier molecular flexibility index (Phi) is 1.73. The van der Waals surface area contributed by atoms with Gasteiger partial charge >= 0.3 is 0 Å². The monoisotopic (exact) mass is 134 g/mol. The summed E-state index contributed by atoms with van der Waals surface area (Å²) in [6.45, 7) is 1.54. The lowest BCUT2D eigenvalue weighted by molar-refractivity contribution is 0.0501. The summed E-state index contributed by atoms with van der Waals surface area (Å²) in [7, 11) is 0. The fourth-order valence-electron chi connectivity index (χ4n) is 1.00. The molecule has 54 valence electrons. The van der Waals surface area contributed by atoms with Gasteiger partial charge in [-0.05, 0) is 6.92 Å². The molecule has 3 heteroatoms. The molecule has 0 aromatic rings. The zero-order valence-electron chi connectivity index (χ0n) is 5.43. The summed E-state index contributed by atoms with van der Waals surface area (Å²) in [6.07, 6.45) is 0.0451. The predicted octanol–water partition coefficient (Wildman–Crippen LogP) is 0.496. The first-order chi connectivity index (χ1) is 4.14. The summed E-state index contributed by atoms with van der Waals surface area (Å²) in [5.41, 5.74) is -1.21. The first-order valence-corrected chi connectivity index (χ1v) is 3.05. The quantitative estimate of drug-likeness (QED) is 0.565. The van der Waals surface area contributed by atoms with E-state index in [9.17, 15) is 4.39 Å². The zero-order valence-corrected chi connectivity index (χ0v) is 5.43. The molecule has 1 fully saturated rings. The van der Waals surface area contributed by atoms with Gasteiger partial charge in [-0.15, -0.1) is 0 Å². The van der Waals surface area contributed by atoms with E-state index in [0.717, 1.165) is 0 Å². The van der Waals surface area contributed by atoms with Crippen molar-refractivity contribution in [3.8, 4) is 0 Å². The van der Waals surface area contributed by atoms with Crippen molar-refractivity contribution in [2.24, 2.45) is 0 Å². The first kappa shape index (κ1) is 6.96. The van der Waals surface area contributed by atoms with Crippen LogP contribution in [0, 0.1) is 0 Å². The van der Waals surface area contributed by atoms with Gasteiger partial charge in [0.25, 0.3) is 0 Å². The molecule has 0 aromatic heterocycles. The van der Waals surface area contributed by atoms with Crippen LogP contribution < -0.4 is 0 Å². The van der Waals surface area contributed by atoms with Crippen molar-refractivity contribution < 1.29 is 14.2 Å². The van der Waals surface area contributed by atoms with Gasteiger partial charge in [-0.25, -0.2) is 4.39 Å². The average molecular weight is 134 g/mol. The molecule has 9 heavy (non-hydrogen) atoms. The minimum Gasteiger partial charge on any atom is -0.394 e. The van der Waals surface area contributed by atoms with Crippen LogP contribution in [-0.2, 0) is 4.74 Å². The van der Waals surface area contributed by atoms with Gasteiger partial charge in [-0.3, -0.25) is 0 Å². The highest BCUT2D eigenvalue weighted by Crippen LogP contribution is 2.26. The van der Waals surface area contributed by atoms with Gasteiger partial charge in [0, 0.05) is 6.42 Å². The molecule has 0 aliphatic carbocycles. The molecule has 1 rings (SSSR count). The third kappa shape index (κ3) is 1.63. The van der Waals surface area contributed by atoms with E-state index in [1.165, 1.54) is 6.92 Å². The van der Waals surface area contributed by atoms with Crippen molar-refractivity contribution in [2.75, 3.05) is 13.2 Å². The van der Waals surface area contributed by atoms with Crippen molar-refractivity contribution in [1.29, 1.82) is 0 Å². The lowest BCUT2D eigenvalue weighted by atomic mass is 10.1. The maximum absolute atomic E-state index is 12.8. The number of hydrogen-bond acceptors (Lipinski definition) is 2. The number of halogens is 1. The summed E-state index contributed by atoms with van der Waals surface area (Å²) in [5, 5.41) is 8.51. The molecule has 0 radical (unpaired) electrons. The Morgan fingerprint density at radius 2 is 2.56 bits per heavy atom. The number of rotatable bonds is 1. The van der Waals surface area contributed by atoms with E-state index in [0.29, 0.717) is 6.42 Å². The molecule has 1 heterocycles. The standard InChI is InChI=1S/C6H11FO2/c1-6(7)2-5(3-8)9-4-6/h5,8H,2-4H2,1H3/t5-,6+/m0/s1. The van der Waals surface area contributed by atoms with Crippen LogP contribution in [0.5, 0.6) is 0 Å². The molecule has 1 aliphatic rings.